The van der Waals surface area contributed by atoms with Crippen LogP contribution in [0.1, 0.15) is 46.5 Å². The lowest BCUT2D eigenvalue weighted by atomic mass is 9.95. The maximum atomic E-state index is 11.9. The van der Waals surface area contributed by atoms with E-state index >= 15 is 0 Å². The fourth-order valence-electron chi connectivity index (χ4n) is 2.32. The van der Waals surface area contributed by atoms with Gasteiger partial charge in [-0.05, 0) is 26.2 Å². The van der Waals surface area contributed by atoms with Crippen molar-refractivity contribution in [3.63, 3.8) is 0 Å². The zero-order valence-electron chi connectivity index (χ0n) is 11.2. The van der Waals surface area contributed by atoms with Crippen molar-refractivity contribution < 1.29 is 9.59 Å². The van der Waals surface area contributed by atoms with E-state index in [0.29, 0.717) is 0 Å². The highest BCUT2D eigenvalue weighted by atomic mass is 16.2. The predicted molar refractivity (Wildman–Crippen MR) is 67.5 cm³/mol. The quantitative estimate of drug-likeness (QED) is 0.810. The van der Waals surface area contributed by atoms with Crippen molar-refractivity contribution in [1.29, 1.82) is 0 Å². The first-order valence-electron chi connectivity index (χ1n) is 6.60. The van der Waals surface area contributed by atoms with Crippen molar-refractivity contribution >= 4 is 11.8 Å². The Hall–Kier alpha value is -1.06. The van der Waals surface area contributed by atoms with Crippen LogP contribution in [0.15, 0.2) is 0 Å². The van der Waals surface area contributed by atoms with Crippen molar-refractivity contribution in [3.8, 4) is 0 Å². The molecule has 1 rings (SSSR count). The molecule has 2 amide bonds. The topological polar surface area (TPSA) is 49.4 Å². The van der Waals surface area contributed by atoms with Crippen LogP contribution in [0.5, 0.6) is 0 Å². The average Bonchev–Trinajstić information content (AvgIpc) is 2.29. The average molecular weight is 240 g/mol. The van der Waals surface area contributed by atoms with Gasteiger partial charge in [0.1, 0.15) is 0 Å². The van der Waals surface area contributed by atoms with E-state index in [9.17, 15) is 9.59 Å². The summed E-state index contributed by atoms with van der Waals surface area (Å²) in [6, 6.07) is 0.262. The van der Waals surface area contributed by atoms with Gasteiger partial charge in [-0.15, -0.1) is 0 Å². The van der Waals surface area contributed by atoms with Crippen LogP contribution >= 0.6 is 0 Å². The molecule has 1 unspecified atom stereocenters. The molecule has 0 bridgehead atoms. The maximum Gasteiger partial charge on any atom is 0.223 e. The van der Waals surface area contributed by atoms with E-state index < -0.39 is 0 Å². The molecule has 1 atom stereocenters. The first kappa shape index (κ1) is 14.0. The van der Waals surface area contributed by atoms with Crippen LogP contribution in [0.4, 0.5) is 0 Å². The Morgan fingerprint density at radius 3 is 2.41 bits per heavy atom. The van der Waals surface area contributed by atoms with Gasteiger partial charge in [0.05, 0.1) is 0 Å². The van der Waals surface area contributed by atoms with Crippen LogP contribution in [-0.2, 0) is 9.59 Å². The van der Waals surface area contributed by atoms with Gasteiger partial charge in [-0.1, -0.05) is 13.3 Å². The number of amides is 2. The molecule has 17 heavy (non-hydrogen) atoms. The van der Waals surface area contributed by atoms with Gasteiger partial charge in [0.25, 0.3) is 0 Å². The molecule has 4 heteroatoms. The predicted octanol–water partition coefficient (Wildman–Crippen LogP) is 1.55. The summed E-state index contributed by atoms with van der Waals surface area (Å²) in [7, 11) is 0. The van der Waals surface area contributed by atoms with E-state index in [0.717, 1.165) is 38.8 Å². The first-order valence-corrected chi connectivity index (χ1v) is 6.60. The standard InChI is InChI=1S/C13H24N2O2/c1-4-5-10(2)14-13(17)12-6-8-15(9-7-12)11(3)16/h10,12H,4-9H2,1-3H3,(H,14,17). The second-order valence-electron chi connectivity index (χ2n) is 4.98. The van der Waals surface area contributed by atoms with Crippen LogP contribution < -0.4 is 5.32 Å². The molecule has 1 aliphatic heterocycles. The molecule has 4 nitrogen and oxygen atoms in total. The lowest BCUT2D eigenvalue weighted by molar-refractivity contribution is -0.134. The van der Waals surface area contributed by atoms with Crippen LogP contribution in [-0.4, -0.2) is 35.8 Å². The molecule has 1 fully saturated rings. The molecule has 0 aromatic carbocycles. The van der Waals surface area contributed by atoms with Crippen LogP contribution in [0, 0.1) is 5.92 Å². The number of piperidine rings is 1. The Balaban J connectivity index is 2.33. The molecule has 0 aliphatic carbocycles. The van der Waals surface area contributed by atoms with Gasteiger partial charge in [-0.2, -0.15) is 0 Å². The van der Waals surface area contributed by atoms with Crippen molar-refractivity contribution in [2.75, 3.05) is 13.1 Å². The highest BCUT2D eigenvalue weighted by Crippen LogP contribution is 2.17. The molecular weight excluding hydrogens is 216 g/mol. The lowest BCUT2D eigenvalue weighted by Crippen LogP contribution is -2.44. The van der Waals surface area contributed by atoms with Gasteiger partial charge in [-0.3, -0.25) is 9.59 Å². The second kappa shape index (κ2) is 6.62. The molecule has 0 aromatic heterocycles. The summed E-state index contributed by atoms with van der Waals surface area (Å²) in [5.41, 5.74) is 0. The summed E-state index contributed by atoms with van der Waals surface area (Å²) < 4.78 is 0. The minimum Gasteiger partial charge on any atom is -0.353 e. The van der Waals surface area contributed by atoms with Gasteiger partial charge in [0.2, 0.25) is 11.8 Å². The molecule has 98 valence electrons. The minimum atomic E-state index is 0.0879. The number of hydrogen-bond donors (Lipinski definition) is 1. The van der Waals surface area contributed by atoms with Crippen molar-refractivity contribution in [1.82, 2.24) is 10.2 Å². The number of nitrogens with one attached hydrogen (secondary N) is 1. The molecule has 0 radical (unpaired) electrons. The van der Waals surface area contributed by atoms with Gasteiger partial charge in [0.15, 0.2) is 0 Å². The number of carbonyl (C=O) groups excluding carboxylic acids is 2. The molecule has 1 saturated heterocycles. The van der Waals surface area contributed by atoms with Gasteiger partial charge in [0, 0.05) is 32.0 Å². The lowest BCUT2D eigenvalue weighted by Gasteiger charge is -2.31. The normalized spacial score (nSPS) is 18.9. The SMILES string of the molecule is CCCC(C)NC(=O)C1CCN(C(C)=O)CC1. The molecule has 0 spiro atoms. The minimum absolute atomic E-state index is 0.0879. The fraction of sp³-hybridized carbons (Fsp3) is 0.846. The van der Waals surface area contributed by atoms with E-state index in [1.807, 2.05) is 11.8 Å². The molecular formula is C13H24N2O2. The Labute approximate surface area is 104 Å². The number of nitrogens with zero attached hydrogens (tertiary/aromatic N) is 1. The molecule has 1 N–H and O–H groups in total. The van der Waals surface area contributed by atoms with Gasteiger partial charge in [-0.25, -0.2) is 0 Å². The summed E-state index contributed by atoms with van der Waals surface area (Å²) >= 11 is 0. The summed E-state index contributed by atoms with van der Waals surface area (Å²) in [4.78, 5) is 24.9. The first-order chi connectivity index (χ1) is 8.04. The van der Waals surface area contributed by atoms with Crippen LogP contribution in [0.2, 0.25) is 0 Å². The summed E-state index contributed by atoms with van der Waals surface area (Å²) in [5, 5.41) is 3.05. The monoisotopic (exact) mass is 240 g/mol. The summed E-state index contributed by atoms with van der Waals surface area (Å²) in [5.74, 6) is 0.363. The number of rotatable bonds is 4. The van der Waals surface area contributed by atoms with E-state index in [4.69, 9.17) is 0 Å². The van der Waals surface area contributed by atoms with Crippen LogP contribution in [0.25, 0.3) is 0 Å². The Morgan fingerprint density at radius 1 is 1.35 bits per heavy atom. The van der Waals surface area contributed by atoms with E-state index in [-0.39, 0.29) is 23.8 Å². The fourth-order valence-corrected chi connectivity index (χ4v) is 2.32. The third kappa shape index (κ3) is 4.36. The van der Waals surface area contributed by atoms with Crippen molar-refractivity contribution in [3.05, 3.63) is 0 Å². The largest absolute Gasteiger partial charge is 0.353 e. The zero-order valence-corrected chi connectivity index (χ0v) is 11.2. The Kier molecular flexibility index (Phi) is 5.45. The van der Waals surface area contributed by atoms with Gasteiger partial charge < -0.3 is 10.2 Å². The van der Waals surface area contributed by atoms with Crippen molar-refractivity contribution in [2.45, 2.75) is 52.5 Å². The third-order valence-corrected chi connectivity index (χ3v) is 3.42. The Bertz CT molecular complexity index is 271. The Morgan fingerprint density at radius 2 is 1.94 bits per heavy atom. The highest BCUT2D eigenvalue weighted by molar-refractivity contribution is 5.79. The van der Waals surface area contributed by atoms with Crippen LogP contribution in [0.3, 0.4) is 0 Å². The molecule has 1 aliphatic rings. The van der Waals surface area contributed by atoms with E-state index in [1.165, 1.54) is 0 Å². The second-order valence-corrected chi connectivity index (χ2v) is 4.98. The van der Waals surface area contributed by atoms with Gasteiger partial charge >= 0.3 is 0 Å². The number of likely N-dealkylation sites (tertiary alicyclic amines) is 1. The number of hydrogen-bond acceptors (Lipinski definition) is 2. The smallest absolute Gasteiger partial charge is 0.223 e. The van der Waals surface area contributed by atoms with E-state index in [2.05, 4.69) is 12.2 Å². The molecule has 1 heterocycles. The summed E-state index contributed by atoms with van der Waals surface area (Å²) in [6.45, 7) is 7.19. The maximum absolute atomic E-state index is 11.9. The summed E-state index contributed by atoms with van der Waals surface area (Å²) in [6.07, 6.45) is 3.71. The number of carbonyl (C=O) groups is 2. The molecule has 0 saturated carbocycles. The highest BCUT2D eigenvalue weighted by Gasteiger charge is 2.26. The zero-order chi connectivity index (χ0) is 12.8. The molecule has 0 aromatic rings. The van der Waals surface area contributed by atoms with Crippen molar-refractivity contribution in [2.24, 2.45) is 5.92 Å². The van der Waals surface area contributed by atoms with E-state index in [1.54, 1.807) is 6.92 Å². The third-order valence-electron chi connectivity index (χ3n) is 3.42.